The summed E-state index contributed by atoms with van der Waals surface area (Å²) >= 11 is 1.61. The Morgan fingerprint density at radius 3 is 2.71 bits per heavy atom. The van der Waals surface area contributed by atoms with E-state index in [9.17, 15) is 0 Å². The quantitative estimate of drug-likeness (QED) is 0.816. The van der Waals surface area contributed by atoms with E-state index in [1.807, 2.05) is 6.92 Å². The van der Waals surface area contributed by atoms with E-state index in [2.05, 4.69) is 11.9 Å². The summed E-state index contributed by atoms with van der Waals surface area (Å²) < 4.78 is 5.77. The lowest BCUT2D eigenvalue weighted by atomic mass is 10.2. The highest BCUT2D eigenvalue weighted by molar-refractivity contribution is 7.13. The lowest BCUT2D eigenvalue weighted by Crippen LogP contribution is -2.33. The third-order valence-corrected chi connectivity index (χ3v) is 3.73. The lowest BCUT2D eigenvalue weighted by molar-refractivity contribution is 0.190. The normalized spacial score (nSPS) is 26.8. The van der Waals surface area contributed by atoms with Crippen LogP contribution in [-0.2, 0) is 0 Å². The Balaban J connectivity index is 2.03. The lowest BCUT2D eigenvalue weighted by Gasteiger charge is -2.14. The summed E-state index contributed by atoms with van der Waals surface area (Å²) in [6.07, 6.45) is 3.50. The van der Waals surface area contributed by atoms with E-state index < -0.39 is 0 Å². The molecule has 2 rings (SSSR count). The third kappa shape index (κ3) is 1.91. The van der Waals surface area contributed by atoms with Crippen LogP contribution in [0.4, 0.5) is 0 Å². The Morgan fingerprint density at radius 2 is 2.21 bits per heavy atom. The monoisotopic (exact) mass is 212 g/mol. The van der Waals surface area contributed by atoms with Crippen molar-refractivity contribution in [3.8, 4) is 5.19 Å². The summed E-state index contributed by atoms with van der Waals surface area (Å²) in [6, 6.07) is 0.194. The molecule has 1 fully saturated rings. The van der Waals surface area contributed by atoms with Gasteiger partial charge in [-0.05, 0) is 33.1 Å². The number of rotatable bonds is 2. The minimum absolute atomic E-state index is 0.181. The van der Waals surface area contributed by atoms with Crippen molar-refractivity contribution in [2.24, 2.45) is 5.73 Å². The molecule has 1 aromatic rings. The molecular formula is C10H16N2OS. The SMILES string of the molecule is Cc1nc(OC2CCCC2N)sc1C. The number of hydrogen-bond donors (Lipinski definition) is 1. The van der Waals surface area contributed by atoms with Crippen LogP contribution in [0.25, 0.3) is 0 Å². The predicted molar refractivity (Wildman–Crippen MR) is 57.8 cm³/mol. The van der Waals surface area contributed by atoms with Crippen LogP contribution in [0.3, 0.4) is 0 Å². The molecule has 3 nitrogen and oxygen atoms in total. The molecule has 0 aromatic carbocycles. The van der Waals surface area contributed by atoms with Crippen molar-refractivity contribution in [1.82, 2.24) is 4.98 Å². The molecule has 0 bridgehead atoms. The summed E-state index contributed by atoms with van der Waals surface area (Å²) in [5, 5.41) is 0.780. The van der Waals surface area contributed by atoms with Gasteiger partial charge in [0, 0.05) is 10.9 Å². The maximum absolute atomic E-state index is 5.92. The van der Waals surface area contributed by atoms with Crippen molar-refractivity contribution in [3.05, 3.63) is 10.6 Å². The van der Waals surface area contributed by atoms with Gasteiger partial charge in [0.25, 0.3) is 5.19 Å². The molecule has 1 heterocycles. The first-order valence-electron chi connectivity index (χ1n) is 5.03. The molecule has 0 aliphatic heterocycles. The fourth-order valence-electron chi connectivity index (χ4n) is 1.72. The van der Waals surface area contributed by atoms with Crippen LogP contribution < -0.4 is 10.5 Å². The number of aryl methyl sites for hydroxylation is 2. The first-order valence-corrected chi connectivity index (χ1v) is 5.84. The molecule has 0 radical (unpaired) electrons. The number of aromatic nitrogens is 1. The van der Waals surface area contributed by atoms with Crippen LogP contribution >= 0.6 is 11.3 Å². The molecule has 2 N–H and O–H groups in total. The first kappa shape index (κ1) is 9.93. The highest BCUT2D eigenvalue weighted by Gasteiger charge is 2.26. The fourth-order valence-corrected chi connectivity index (χ4v) is 2.53. The maximum Gasteiger partial charge on any atom is 0.273 e. The van der Waals surface area contributed by atoms with E-state index in [0.29, 0.717) is 0 Å². The number of nitrogens with two attached hydrogens (primary N) is 1. The fraction of sp³-hybridized carbons (Fsp3) is 0.700. The Labute approximate surface area is 88.3 Å². The smallest absolute Gasteiger partial charge is 0.273 e. The second-order valence-corrected chi connectivity index (χ2v) is 5.04. The van der Waals surface area contributed by atoms with Gasteiger partial charge in [0.1, 0.15) is 6.10 Å². The van der Waals surface area contributed by atoms with Crippen LogP contribution in [0.5, 0.6) is 5.19 Å². The van der Waals surface area contributed by atoms with Crippen LogP contribution in [0.2, 0.25) is 0 Å². The summed E-state index contributed by atoms with van der Waals surface area (Å²) in [6.45, 7) is 4.07. The highest BCUT2D eigenvalue weighted by atomic mass is 32.1. The van der Waals surface area contributed by atoms with Gasteiger partial charge >= 0.3 is 0 Å². The molecule has 78 valence electrons. The van der Waals surface area contributed by atoms with E-state index in [4.69, 9.17) is 10.5 Å². The molecule has 0 amide bonds. The zero-order chi connectivity index (χ0) is 10.1. The molecule has 0 spiro atoms. The molecule has 1 aliphatic rings. The average molecular weight is 212 g/mol. The third-order valence-electron chi connectivity index (χ3n) is 2.76. The van der Waals surface area contributed by atoms with Crippen molar-refractivity contribution in [1.29, 1.82) is 0 Å². The standard InChI is InChI=1S/C10H16N2OS/c1-6-7(2)14-10(12-6)13-9-5-3-4-8(9)11/h8-9H,3-5,11H2,1-2H3. The van der Waals surface area contributed by atoms with Gasteiger partial charge < -0.3 is 10.5 Å². The van der Waals surface area contributed by atoms with E-state index in [0.717, 1.165) is 23.7 Å². The van der Waals surface area contributed by atoms with Crippen LogP contribution in [0.15, 0.2) is 0 Å². The van der Waals surface area contributed by atoms with Crippen LogP contribution in [-0.4, -0.2) is 17.1 Å². The molecule has 1 aliphatic carbocycles. The molecule has 2 atom stereocenters. The van der Waals surface area contributed by atoms with Gasteiger partial charge in [0.15, 0.2) is 0 Å². The summed E-state index contributed by atoms with van der Waals surface area (Å²) in [5.74, 6) is 0. The molecular weight excluding hydrogens is 196 g/mol. The molecule has 2 unspecified atom stereocenters. The molecule has 0 saturated heterocycles. The van der Waals surface area contributed by atoms with Gasteiger partial charge in [-0.2, -0.15) is 0 Å². The molecule has 14 heavy (non-hydrogen) atoms. The van der Waals surface area contributed by atoms with E-state index in [1.165, 1.54) is 11.3 Å². The van der Waals surface area contributed by atoms with E-state index >= 15 is 0 Å². The first-order chi connectivity index (χ1) is 6.66. The van der Waals surface area contributed by atoms with Crippen molar-refractivity contribution in [2.75, 3.05) is 0 Å². The molecule has 1 aromatic heterocycles. The van der Waals surface area contributed by atoms with Crippen molar-refractivity contribution < 1.29 is 4.74 Å². The summed E-state index contributed by atoms with van der Waals surface area (Å²) in [7, 11) is 0. The number of thiazole rings is 1. The van der Waals surface area contributed by atoms with Gasteiger partial charge in [0.05, 0.1) is 5.69 Å². The zero-order valence-corrected chi connectivity index (χ0v) is 9.43. The van der Waals surface area contributed by atoms with Crippen molar-refractivity contribution >= 4 is 11.3 Å². The number of ether oxygens (including phenoxy) is 1. The highest BCUT2D eigenvalue weighted by Crippen LogP contribution is 2.28. The summed E-state index contributed by atoms with van der Waals surface area (Å²) in [5.41, 5.74) is 6.99. The minimum atomic E-state index is 0.181. The second kappa shape index (κ2) is 3.87. The topological polar surface area (TPSA) is 48.1 Å². The van der Waals surface area contributed by atoms with Gasteiger partial charge in [-0.1, -0.05) is 11.3 Å². The Bertz CT molecular complexity index is 304. The minimum Gasteiger partial charge on any atom is -0.465 e. The Morgan fingerprint density at radius 1 is 1.43 bits per heavy atom. The van der Waals surface area contributed by atoms with E-state index in [-0.39, 0.29) is 12.1 Å². The Kier molecular flexibility index (Phi) is 2.74. The average Bonchev–Trinajstić information content (AvgIpc) is 2.63. The van der Waals surface area contributed by atoms with Crippen molar-refractivity contribution in [2.45, 2.75) is 45.3 Å². The predicted octanol–water partition coefficient (Wildman–Crippen LogP) is 2.02. The van der Waals surface area contributed by atoms with E-state index in [1.54, 1.807) is 11.3 Å². The number of hydrogen-bond acceptors (Lipinski definition) is 4. The van der Waals surface area contributed by atoms with Crippen LogP contribution in [0, 0.1) is 13.8 Å². The van der Waals surface area contributed by atoms with Gasteiger partial charge in [-0.25, -0.2) is 4.98 Å². The van der Waals surface area contributed by atoms with Gasteiger partial charge in [0.2, 0.25) is 0 Å². The molecule has 1 saturated carbocycles. The zero-order valence-electron chi connectivity index (χ0n) is 8.62. The van der Waals surface area contributed by atoms with Crippen LogP contribution in [0.1, 0.15) is 29.8 Å². The largest absolute Gasteiger partial charge is 0.465 e. The number of nitrogens with zero attached hydrogens (tertiary/aromatic N) is 1. The molecule has 4 heteroatoms. The summed E-state index contributed by atoms with van der Waals surface area (Å²) in [4.78, 5) is 5.58. The van der Waals surface area contributed by atoms with Crippen molar-refractivity contribution in [3.63, 3.8) is 0 Å². The maximum atomic E-state index is 5.92. The second-order valence-electron chi connectivity index (χ2n) is 3.87. The van der Waals surface area contributed by atoms with Gasteiger partial charge in [-0.15, -0.1) is 0 Å². The Hall–Kier alpha value is -0.610. The van der Waals surface area contributed by atoms with Gasteiger partial charge in [-0.3, -0.25) is 0 Å².